The van der Waals surface area contributed by atoms with Crippen LogP contribution in [0.4, 0.5) is 11.4 Å². The lowest BCUT2D eigenvalue weighted by Crippen LogP contribution is -2.23. The van der Waals surface area contributed by atoms with E-state index in [0.29, 0.717) is 16.9 Å². The van der Waals surface area contributed by atoms with Gasteiger partial charge < -0.3 is 9.73 Å². The predicted octanol–water partition coefficient (Wildman–Crippen LogP) is 3.17. The molecule has 0 aliphatic heterocycles. The molecule has 0 unspecified atom stereocenters. The van der Waals surface area contributed by atoms with Gasteiger partial charge in [-0.25, -0.2) is 4.68 Å². The van der Waals surface area contributed by atoms with Crippen LogP contribution < -0.4 is 10.9 Å². The van der Waals surface area contributed by atoms with Crippen molar-refractivity contribution in [3.63, 3.8) is 0 Å². The van der Waals surface area contributed by atoms with Crippen LogP contribution in [0.25, 0.3) is 17.1 Å². The number of anilines is 1. The molecule has 4 rings (SSSR count). The van der Waals surface area contributed by atoms with Crippen LogP contribution in [0.5, 0.6) is 0 Å². The molecule has 12 heteroatoms. The topological polar surface area (TPSA) is 138 Å². The van der Waals surface area contributed by atoms with Crippen molar-refractivity contribution < 1.29 is 14.1 Å². The maximum absolute atomic E-state index is 12.9. The van der Waals surface area contributed by atoms with Crippen molar-refractivity contribution in [3.8, 4) is 17.1 Å². The Morgan fingerprint density at radius 2 is 1.85 bits per heavy atom. The van der Waals surface area contributed by atoms with Crippen LogP contribution in [0, 0.1) is 17.0 Å². The zero-order valence-electron chi connectivity index (χ0n) is 17.6. The first-order valence-electron chi connectivity index (χ1n) is 9.70. The van der Waals surface area contributed by atoms with E-state index in [4.69, 9.17) is 4.42 Å². The molecule has 0 fully saturated rings. The molecule has 0 saturated heterocycles. The molecule has 2 aromatic heterocycles. The molecule has 2 heterocycles. The molecule has 0 saturated carbocycles. The van der Waals surface area contributed by atoms with E-state index in [2.05, 4.69) is 15.5 Å². The number of nitro groups is 1. The third kappa shape index (κ3) is 4.55. The number of non-ortho nitro benzene ring substituents is 1. The van der Waals surface area contributed by atoms with Gasteiger partial charge in [-0.1, -0.05) is 30.0 Å². The summed E-state index contributed by atoms with van der Waals surface area (Å²) in [6, 6.07) is 14.8. The summed E-state index contributed by atoms with van der Waals surface area (Å²) >= 11 is 1.01. The molecular formula is C21H18N6O5S. The highest BCUT2D eigenvalue weighted by Crippen LogP contribution is 2.25. The average molecular weight is 466 g/mol. The maximum atomic E-state index is 12.9. The number of carbonyl (C=O) groups is 1. The number of aromatic nitrogens is 4. The fraction of sp³-hybridized carbons (Fsp3) is 0.143. The summed E-state index contributed by atoms with van der Waals surface area (Å²) < 4.78 is 8.67. The van der Waals surface area contributed by atoms with Crippen LogP contribution in [-0.2, 0) is 11.8 Å². The molecule has 1 amide bonds. The van der Waals surface area contributed by atoms with Crippen molar-refractivity contribution in [2.45, 2.75) is 12.1 Å². The summed E-state index contributed by atoms with van der Waals surface area (Å²) in [5.41, 5.74) is 1.63. The van der Waals surface area contributed by atoms with Crippen molar-refractivity contribution >= 4 is 29.0 Å². The number of carbonyl (C=O) groups excluding carboxylic acids is 1. The van der Waals surface area contributed by atoms with Gasteiger partial charge in [-0.05, 0) is 31.2 Å². The van der Waals surface area contributed by atoms with E-state index in [0.717, 1.165) is 11.8 Å². The second-order valence-corrected chi connectivity index (χ2v) is 7.88. The molecule has 0 bridgehead atoms. The van der Waals surface area contributed by atoms with Crippen LogP contribution in [-0.4, -0.2) is 36.1 Å². The lowest BCUT2D eigenvalue weighted by molar-refractivity contribution is -0.384. The third-order valence-electron chi connectivity index (χ3n) is 4.88. The number of thioether (sulfide) groups is 1. The summed E-state index contributed by atoms with van der Waals surface area (Å²) in [6.45, 7) is 1.75. The predicted molar refractivity (Wildman–Crippen MR) is 121 cm³/mol. The van der Waals surface area contributed by atoms with Crippen LogP contribution in [0.3, 0.4) is 0 Å². The summed E-state index contributed by atoms with van der Waals surface area (Å²) in [6.07, 6.45) is 0. The van der Waals surface area contributed by atoms with Crippen molar-refractivity contribution in [2.75, 3.05) is 11.1 Å². The van der Waals surface area contributed by atoms with E-state index in [1.165, 1.54) is 28.9 Å². The molecular weight excluding hydrogens is 448 g/mol. The summed E-state index contributed by atoms with van der Waals surface area (Å²) in [5, 5.41) is 21.4. The molecule has 4 aromatic rings. The van der Waals surface area contributed by atoms with Gasteiger partial charge in [-0.15, -0.1) is 10.2 Å². The number of benzene rings is 2. The molecule has 0 aliphatic rings. The molecule has 33 heavy (non-hydrogen) atoms. The number of amides is 1. The smallest absolute Gasteiger partial charge is 0.295 e. The first-order chi connectivity index (χ1) is 15.8. The highest BCUT2D eigenvalue weighted by atomic mass is 32.2. The fourth-order valence-corrected chi connectivity index (χ4v) is 3.69. The number of hydrogen-bond donors (Lipinski definition) is 1. The van der Waals surface area contributed by atoms with Gasteiger partial charge in [0, 0.05) is 24.7 Å². The second kappa shape index (κ2) is 9.12. The van der Waals surface area contributed by atoms with E-state index in [9.17, 15) is 19.7 Å². The van der Waals surface area contributed by atoms with Crippen LogP contribution in [0.15, 0.2) is 69.0 Å². The molecule has 0 spiro atoms. The summed E-state index contributed by atoms with van der Waals surface area (Å²) in [5.74, 6) is -0.278. The average Bonchev–Trinajstić information content (AvgIpc) is 3.37. The van der Waals surface area contributed by atoms with Crippen molar-refractivity contribution in [3.05, 3.63) is 80.8 Å². The normalized spacial score (nSPS) is 10.8. The van der Waals surface area contributed by atoms with E-state index in [1.54, 1.807) is 30.8 Å². The van der Waals surface area contributed by atoms with Gasteiger partial charge in [-0.3, -0.25) is 24.4 Å². The monoisotopic (exact) mass is 466 g/mol. The Kier molecular flexibility index (Phi) is 6.09. The van der Waals surface area contributed by atoms with Gasteiger partial charge >= 0.3 is 0 Å². The van der Waals surface area contributed by atoms with E-state index < -0.39 is 10.8 Å². The molecule has 2 aromatic carbocycles. The lowest BCUT2D eigenvalue weighted by atomic mass is 10.2. The number of nitrogens with one attached hydrogen (secondary N) is 1. The second-order valence-electron chi connectivity index (χ2n) is 6.95. The molecule has 0 radical (unpaired) electrons. The van der Waals surface area contributed by atoms with E-state index in [1.807, 2.05) is 18.2 Å². The first kappa shape index (κ1) is 22.0. The number of rotatable bonds is 7. The quantitative estimate of drug-likeness (QED) is 0.249. The first-order valence-corrected chi connectivity index (χ1v) is 10.7. The zero-order chi connectivity index (χ0) is 23.5. The number of hydrogen-bond acceptors (Lipinski definition) is 8. The Bertz CT molecular complexity index is 1370. The Morgan fingerprint density at radius 3 is 2.52 bits per heavy atom. The van der Waals surface area contributed by atoms with E-state index >= 15 is 0 Å². The standard InChI is InChI=1S/C21H18N6O5S/c1-13-18(20(29)26(25(13)2)15-6-4-3-5-7-15)22-17(28)12-33-21-24-23-19(32-21)14-8-10-16(11-9-14)27(30)31/h3-11H,12H2,1-2H3,(H,22,28). The number of para-hydroxylation sites is 1. The minimum Gasteiger partial charge on any atom is -0.411 e. The van der Waals surface area contributed by atoms with Crippen LogP contribution in [0.1, 0.15) is 5.69 Å². The molecule has 0 aliphatic carbocycles. The van der Waals surface area contributed by atoms with Crippen molar-refractivity contribution in [2.24, 2.45) is 7.05 Å². The third-order valence-corrected chi connectivity index (χ3v) is 5.70. The van der Waals surface area contributed by atoms with Gasteiger partial charge in [0.2, 0.25) is 11.8 Å². The lowest BCUT2D eigenvalue weighted by Gasteiger charge is -2.07. The Morgan fingerprint density at radius 1 is 1.15 bits per heavy atom. The zero-order valence-corrected chi connectivity index (χ0v) is 18.4. The number of nitrogens with zero attached hydrogens (tertiary/aromatic N) is 5. The summed E-state index contributed by atoms with van der Waals surface area (Å²) in [7, 11) is 1.74. The number of nitro benzene ring substituents is 1. The Labute approximate surface area is 191 Å². The van der Waals surface area contributed by atoms with Gasteiger partial charge in [0.1, 0.15) is 5.69 Å². The van der Waals surface area contributed by atoms with Gasteiger partial charge in [0.05, 0.1) is 22.1 Å². The Hall–Kier alpha value is -4.19. The molecule has 1 N–H and O–H groups in total. The Balaban J connectivity index is 1.43. The fourth-order valence-electron chi connectivity index (χ4n) is 3.13. The minimum absolute atomic E-state index is 0.0490. The van der Waals surface area contributed by atoms with Gasteiger partial charge in [0.15, 0.2) is 0 Å². The van der Waals surface area contributed by atoms with Crippen LogP contribution in [0.2, 0.25) is 0 Å². The summed E-state index contributed by atoms with van der Waals surface area (Å²) in [4.78, 5) is 35.6. The van der Waals surface area contributed by atoms with Crippen molar-refractivity contribution in [1.82, 2.24) is 19.6 Å². The largest absolute Gasteiger partial charge is 0.411 e. The van der Waals surface area contributed by atoms with E-state index in [-0.39, 0.29) is 33.8 Å². The van der Waals surface area contributed by atoms with Crippen LogP contribution >= 0.6 is 11.8 Å². The maximum Gasteiger partial charge on any atom is 0.295 e. The van der Waals surface area contributed by atoms with Crippen molar-refractivity contribution in [1.29, 1.82) is 0 Å². The molecule has 11 nitrogen and oxygen atoms in total. The highest BCUT2D eigenvalue weighted by molar-refractivity contribution is 7.99. The molecule has 168 valence electrons. The van der Waals surface area contributed by atoms with Gasteiger partial charge in [-0.2, -0.15) is 0 Å². The van der Waals surface area contributed by atoms with Gasteiger partial charge in [0.25, 0.3) is 16.5 Å². The minimum atomic E-state index is -0.499. The molecule has 0 atom stereocenters. The SMILES string of the molecule is Cc1c(NC(=O)CSc2nnc(-c3ccc([N+](=O)[O-])cc3)o2)c(=O)n(-c2ccccc2)n1C. The highest BCUT2D eigenvalue weighted by Gasteiger charge is 2.19.